The lowest BCUT2D eigenvalue weighted by atomic mass is 9.99. The molecule has 1 fully saturated rings. The molecule has 1 heteroatoms. The molecule has 1 aliphatic heterocycles. The van der Waals surface area contributed by atoms with Crippen LogP contribution >= 0.6 is 0 Å². The smallest absolute Gasteiger partial charge is 0.0163 e. The zero-order valence-corrected chi connectivity index (χ0v) is 7.84. The molecular formula is C11H19N. The molecule has 1 aliphatic rings. The van der Waals surface area contributed by atoms with E-state index in [0.717, 1.165) is 19.0 Å². The average Bonchev–Trinajstić information content (AvgIpc) is 2.09. The Hall–Kier alpha value is -0.560. The number of likely N-dealkylation sites (tertiary alicyclic amines) is 1. The maximum atomic E-state index is 3.80. The van der Waals surface area contributed by atoms with Crippen molar-refractivity contribution in [2.24, 2.45) is 0 Å². The third-order valence-electron chi connectivity index (χ3n) is 2.55. The highest BCUT2D eigenvalue weighted by Gasteiger charge is 2.19. The summed E-state index contributed by atoms with van der Waals surface area (Å²) in [6.45, 7) is 9.86. The van der Waals surface area contributed by atoms with Gasteiger partial charge in [-0.3, -0.25) is 4.90 Å². The van der Waals surface area contributed by atoms with Gasteiger partial charge in [-0.25, -0.2) is 0 Å². The predicted octanol–water partition coefficient (Wildman–Crippen LogP) is 2.60. The van der Waals surface area contributed by atoms with Gasteiger partial charge in [0.05, 0.1) is 0 Å². The highest BCUT2D eigenvalue weighted by Crippen LogP contribution is 2.19. The van der Waals surface area contributed by atoms with Gasteiger partial charge in [0.1, 0.15) is 0 Å². The van der Waals surface area contributed by atoms with E-state index < -0.39 is 0 Å². The maximum absolute atomic E-state index is 3.80. The van der Waals surface area contributed by atoms with Gasteiger partial charge in [0, 0.05) is 12.6 Å². The molecular weight excluding hydrogens is 146 g/mol. The van der Waals surface area contributed by atoms with Crippen LogP contribution in [0.1, 0.15) is 25.7 Å². The van der Waals surface area contributed by atoms with Crippen LogP contribution in [-0.2, 0) is 0 Å². The first-order valence-electron chi connectivity index (χ1n) is 4.84. The van der Waals surface area contributed by atoms with Gasteiger partial charge < -0.3 is 0 Å². The summed E-state index contributed by atoms with van der Waals surface area (Å²) < 4.78 is 0. The van der Waals surface area contributed by atoms with Crippen LogP contribution in [0.5, 0.6) is 0 Å². The van der Waals surface area contributed by atoms with E-state index in [0.29, 0.717) is 0 Å². The lowest BCUT2D eigenvalue weighted by Gasteiger charge is -2.34. The van der Waals surface area contributed by atoms with Crippen molar-refractivity contribution in [3.63, 3.8) is 0 Å². The van der Waals surface area contributed by atoms with E-state index in [1.807, 2.05) is 12.2 Å². The minimum atomic E-state index is 0.731. The van der Waals surface area contributed by atoms with Gasteiger partial charge >= 0.3 is 0 Å². The van der Waals surface area contributed by atoms with Gasteiger partial charge in [-0.15, -0.1) is 13.2 Å². The molecule has 1 rings (SSSR count). The molecule has 1 heterocycles. The van der Waals surface area contributed by atoms with Gasteiger partial charge in [-0.1, -0.05) is 18.6 Å². The fourth-order valence-corrected chi connectivity index (χ4v) is 1.93. The van der Waals surface area contributed by atoms with Crippen LogP contribution in [0.25, 0.3) is 0 Å². The van der Waals surface area contributed by atoms with Crippen molar-refractivity contribution in [2.75, 3.05) is 13.1 Å². The maximum Gasteiger partial charge on any atom is 0.0163 e. The standard InChI is InChI=1S/C11H19N/c1-3-7-11-8-5-6-10-12(11)9-4-2/h3-4,11H,1-2,5-10H2. The number of rotatable bonds is 4. The van der Waals surface area contributed by atoms with Crippen molar-refractivity contribution < 1.29 is 0 Å². The summed E-state index contributed by atoms with van der Waals surface area (Å²) in [4.78, 5) is 2.51. The summed E-state index contributed by atoms with van der Waals surface area (Å²) in [6, 6.07) is 0.731. The minimum absolute atomic E-state index is 0.731. The first-order valence-corrected chi connectivity index (χ1v) is 4.84. The van der Waals surface area contributed by atoms with Crippen LogP contribution in [0.3, 0.4) is 0 Å². The average molecular weight is 165 g/mol. The van der Waals surface area contributed by atoms with E-state index in [-0.39, 0.29) is 0 Å². The summed E-state index contributed by atoms with van der Waals surface area (Å²) in [5.74, 6) is 0. The van der Waals surface area contributed by atoms with E-state index in [1.54, 1.807) is 0 Å². The molecule has 0 aromatic heterocycles. The molecule has 0 radical (unpaired) electrons. The normalized spacial score (nSPS) is 25.2. The van der Waals surface area contributed by atoms with E-state index in [2.05, 4.69) is 18.1 Å². The van der Waals surface area contributed by atoms with Gasteiger partial charge in [-0.2, -0.15) is 0 Å². The summed E-state index contributed by atoms with van der Waals surface area (Å²) in [5, 5.41) is 0. The molecule has 0 aromatic rings. The van der Waals surface area contributed by atoms with Gasteiger partial charge in [0.25, 0.3) is 0 Å². The highest BCUT2D eigenvalue weighted by molar-refractivity contribution is 4.86. The summed E-state index contributed by atoms with van der Waals surface area (Å²) in [6.07, 6.45) is 9.23. The monoisotopic (exact) mass is 165 g/mol. The Bertz CT molecular complexity index is 133. The molecule has 1 atom stereocenters. The molecule has 12 heavy (non-hydrogen) atoms. The third kappa shape index (κ3) is 2.49. The Balaban J connectivity index is 2.41. The first-order chi connectivity index (χ1) is 5.88. The topological polar surface area (TPSA) is 3.24 Å². The Labute approximate surface area is 75.8 Å². The Morgan fingerprint density at radius 3 is 2.75 bits per heavy atom. The molecule has 1 unspecified atom stereocenters. The second-order valence-corrected chi connectivity index (χ2v) is 3.46. The van der Waals surface area contributed by atoms with Crippen LogP contribution in [0.15, 0.2) is 25.3 Å². The molecule has 0 saturated carbocycles. The Kier molecular flexibility index (Phi) is 4.09. The van der Waals surface area contributed by atoms with E-state index in [1.165, 1.54) is 25.8 Å². The van der Waals surface area contributed by atoms with Gasteiger partial charge in [0.15, 0.2) is 0 Å². The lowest BCUT2D eigenvalue weighted by molar-refractivity contribution is 0.166. The number of hydrogen-bond donors (Lipinski definition) is 0. The summed E-state index contributed by atoms with van der Waals surface area (Å²) >= 11 is 0. The number of hydrogen-bond acceptors (Lipinski definition) is 1. The van der Waals surface area contributed by atoms with E-state index in [9.17, 15) is 0 Å². The molecule has 68 valence electrons. The van der Waals surface area contributed by atoms with Crippen LogP contribution in [0, 0.1) is 0 Å². The Morgan fingerprint density at radius 1 is 1.25 bits per heavy atom. The molecule has 0 bridgehead atoms. The van der Waals surface area contributed by atoms with E-state index in [4.69, 9.17) is 0 Å². The molecule has 0 aromatic carbocycles. The van der Waals surface area contributed by atoms with Crippen LogP contribution < -0.4 is 0 Å². The van der Waals surface area contributed by atoms with Crippen LogP contribution in [0.2, 0.25) is 0 Å². The molecule has 1 nitrogen and oxygen atoms in total. The van der Waals surface area contributed by atoms with Crippen molar-refractivity contribution in [2.45, 2.75) is 31.7 Å². The second kappa shape index (κ2) is 5.15. The second-order valence-electron chi connectivity index (χ2n) is 3.46. The zero-order chi connectivity index (χ0) is 8.81. The van der Waals surface area contributed by atoms with Crippen molar-refractivity contribution in [3.8, 4) is 0 Å². The fraction of sp³-hybridized carbons (Fsp3) is 0.636. The highest BCUT2D eigenvalue weighted by atomic mass is 15.2. The summed E-state index contributed by atoms with van der Waals surface area (Å²) in [5.41, 5.74) is 0. The quantitative estimate of drug-likeness (QED) is 0.579. The third-order valence-corrected chi connectivity index (χ3v) is 2.55. The molecule has 0 spiro atoms. The largest absolute Gasteiger partial charge is 0.296 e. The number of piperidine rings is 1. The minimum Gasteiger partial charge on any atom is -0.296 e. The van der Waals surface area contributed by atoms with Crippen molar-refractivity contribution in [1.82, 2.24) is 4.90 Å². The lowest BCUT2D eigenvalue weighted by Crippen LogP contribution is -2.39. The van der Waals surface area contributed by atoms with Crippen molar-refractivity contribution in [3.05, 3.63) is 25.3 Å². The Morgan fingerprint density at radius 2 is 2.08 bits per heavy atom. The molecule has 0 N–H and O–H groups in total. The SMILES string of the molecule is C=CCC1CCCCN1CC=C. The van der Waals surface area contributed by atoms with Crippen molar-refractivity contribution >= 4 is 0 Å². The summed E-state index contributed by atoms with van der Waals surface area (Å²) in [7, 11) is 0. The zero-order valence-electron chi connectivity index (χ0n) is 7.84. The van der Waals surface area contributed by atoms with Gasteiger partial charge in [0.2, 0.25) is 0 Å². The van der Waals surface area contributed by atoms with Crippen LogP contribution in [-0.4, -0.2) is 24.0 Å². The predicted molar refractivity (Wildman–Crippen MR) is 54.2 cm³/mol. The molecule has 0 amide bonds. The van der Waals surface area contributed by atoms with E-state index >= 15 is 0 Å². The molecule has 1 saturated heterocycles. The fourth-order valence-electron chi connectivity index (χ4n) is 1.93. The molecule has 0 aliphatic carbocycles. The number of nitrogens with zero attached hydrogens (tertiary/aromatic N) is 1. The van der Waals surface area contributed by atoms with Gasteiger partial charge in [-0.05, 0) is 25.8 Å². The van der Waals surface area contributed by atoms with Crippen LogP contribution in [0.4, 0.5) is 0 Å². The first kappa shape index (κ1) is 9.53. The van der Waals surface area contributed by atoms with Crippen molar-refractivity contribution in [1.29, 1.82) is 0 Å².